The van der Waals surface area contributed by atoms with Crippen LogP contribution < -0.4 is 4.90 Å². The zero-order valence-electron chi connectivity index (χ0n) is 10.5. The van der Waals surface area contributed by atoms with Crippen molar-refractivity contribution in [2.24, 2.45) is 0 Å². The van der Waals surface area contributed by atoms with Crippen LogP contribution in [0.5, 0.6) is 0 Å². The molecular weight excluding hydrogens is 269 g/mol. The molecule has 7 heteroatoms. The van der Waals surface area contributed by atoms with E-state index in [2.05, 4.69) is 4.98 Å². The lowest BCUT2D eigenvalue weighted by Gasteiger charge is -2.17. The Morgan fingerprint density at radius 1 is 1.53 bits per heavy atom. The molecule has 100 valence electrons. The lowest BCUT2D eigenvalue weighted by Crippen LogP contribution is -2.18. The number of nitro groups is 1. The number of halogens is 1. The van der Waals surface area contributed by atoms with Crippen LogP contribution in [0.3, 0.4) is 0 Å². The number of thiazole rings is 1. The lowest BCUT2D eigenvalue weighted by atomic mass is 10.2. The summed E-state index contributed by atoms with van der Waals surface area (Å²) in [6, 6.07) is 3.42. The van der Waals surface area contributed by atoms with Crippen molar-refractivity contribution in [3.8, 4) is 0 Å². The van der Waals surface area contributed by atoms with Crippen molar-refractivity contribution in [1.29, 1.82) is 0 Å². The van der Waals surface area contributed by atoms with Gasteiger partial charge in [-0.1, -0.05) is 0 Å². The van der Waals surface area contributed by atoms with E-state index in [1.54, 1.807) is 11.9 Å². The second-order valence-corrected chi connectivity index (χ2v) is 5.17. The molecule has 1 aromatic carbocycles. The standard InChI is InChI=1S/C12H12FN3O2S/c1-8-14-10(7-19-8)6-15(2)12-5-9(13)3-4-11(12)16(17)18/h3-5,7H,6H2,1-2H3. The molecule has 0 saturated carbocycles. The molecule has 0 N–H and O–H groups in total. The lowest BCUT2D eigenvalue weighted by molar-refractivity contribution is -0.384. The van der Waals surface area contributed by atoms with E-state index in [1.807, 2.05) is 12.3 Å². The molecule has 0 fully saturated rings. The molecule has 0 aliphatic rings. The predicted octanol–water partition coefficient (Wildman–Crippen LogP) is 3.14. The van der Waals surface area contributed by atoms with Gasteiger partial charge in [-0.3, -0.25) is 10.1 Å². The highest BCUT2D eigenvalue weighted by Gasteiger charge is 2.18. The monoisotopic (exact) mass is 281 g/mol. The number of hydrogen-bond acceptors (Lipinski definition) is 5. The number of nitrogens with zero attached hydrogens (tertiary/aromatic N) is 3. The Bertz CT molecular complexity index is 615. The van der Waals surface area contributed by atoms with Crippen LogP contribution in [0.4, 0.5) is 15.8 Å². The predicted molar refractivity (Wildman–Crippen MR) is 72.0 cm³/mol. The van der Waals surface area contributed by atoms with Gasteiger partial charge < -0.3 is 4.90 Å². The Balaban J connectivity index is 2.29. The average molecular weight is 281 g/mol. The van der Waals surface area contributed by atoms with Gasteiger partial charge in [0.25, 0.3) is 5.69 Å². The molecule has 0 bridgehead atoms. The van der Waals surface area contributed by atoms with Crippen molar-refractivity contribution in [2.45, 2.75) is 13.5 Å². The molecule has 19 heavy (non-hydrogen) atoms. The number of rotatable bonds is 4. The summed E-state index contributed by atoms with van der Waals surface area (Å²) in [7, 11) is 1.68. The van der Waals surface area contributed by atoms with Gasteiger partial charge in [-0.05, 0) is 13.0 Å². The molecule has 2 aromatic rings. The molecule has 2 rings (SSSR count). The summed E-state index contributed by atoms with van der Waals surface area (Å²) in [4.78, 5) is 16.3. The summed E-state index contributed by atoms with van der Waals surface area (Å²) in [5.41, 5.74) is 0.940. The van der Waals surface area contributed by atoms with E-state index >= 15 is 0 Å². The fraction of sp³-hybridized carbons (Fsp3) is 0.250. The molecule has 0 saturated heterocycles. The largest absolute Gasteiger partial charge is 0.363 e. The first-order valence-electron chi connectivity index (χ1n) is 5.53. The molecule has 0 unspecified atom stereocenters. The molecule has 5 nitrogen and oxygen atoms in total. The highest BCUT2D eigenvalue weighted by molar-refractivity contribution is 7.09. The van der Waals surface area contributed by atoms with Gasteiger partial charge >= 0.3 is 0 Å². The molecule has 1 heterocycles. The van der Waals surface area contributed by atoms with Crippen LogP contribution in [0.1, 0.15) is 10.7 Å². The van der Waals surface area contributed by atoms with Crippen LogP contribution in [0.25, 0.3) is 0 Å². The molecule has 0 atom stereocenters. The van der Waals surface area contributed by atoms with Gasteiger partial charge in [0.2, 0.25) is 0 Å². The van der Waals surface area contributed by atoms with E-state index < -0.39 is 10.7 Å². The maximum Gasteiger partial charge on any atom is 0.292 e. The van der Waals surface area contributed by atoms with Crippen molar-refractivity contribution < 1.29 is 9.31 Å². The van der Waals surface area contributed by atoms with Gasteiger partial charge in [-0.25, -0.2) is 9.37 Å². The normalized spacial score (nSPS) is 10.5. The molecular formula is C12H12FN3O2S. The SMILES string of the molecule is Cc1nc(CN(C)c2cc(F)ccc2[N+](=O)[O-])cs1. The Kier molecular flexibility index (Phi) is 3.75. The first kappa shape index (κ1) is 13.4. The van der Waals surface area contributed by atoms with Crippen LogP contribution in [0.15, 0.2) is 23.6 Å². The Hall–Kier alpha value is -2.02. The van der Waals surface area contributed by atoms with Crippen molar-refractivity contribution in [2.75, 3.05) is 11.9 Å². The third-order valence-corrected chi connectivity index (χ3v) is 3.43. The summed E-state index contributed by atoms with van der Waals surface area (Å²) < 4.78 is 13.3. The highest BCUT2D eigenvalue weighted by Crippen LogP contribution is 2.29. The smallest absolute Gasteiger partial charge is 0.292 e. The van der Waals surface area contributed by atoms with E-state index in [4.69, 9.17) is 0 Å². The maximum absolute atomic E-state index is 13.3. The van der Waals surface area contributed by atoms with Gasteiger partial charge in [0.05, 0.1) is 22.2 Å². The van der Waals surface area contributed by atoms with E-state index in [9.17, 15) is 14.5 Å². The summed E-state index contributed by atoms with van der Waals surface area (Å²) in [5.74, 6) is -0.498. The molecule has 0 amide bonds. The van der Waals surface area contributed by atoms with Gasteiger partial charge in [-0.2, -0.15) is 0 Å². The third-order valence-electron chi connectivity index (χ3n) is 2.61. The quantitative estimate of drug-likeness (QED) is 0.638. The molecule has 0 spiro atoms. The van der Waals surface area contributed by atoms with Crippen molar-refractivity contribution in [3.05, 3.63) is 50.2 Å². The van der Waals surface area contributed by atoms with Crippen LogP contribution >= 0.6 is 11.3 Å². The number of hydrogen-bond donors (Lipinski definition) is 0. The summed E-state index contributed by atoms with van der Waals surface area (Å²) in [6.07, 6.45) is 0. The fourth-order valence-electron chi connectivity index (χ4n) is 1.77. The minimum absolute atomic E-state index is 0.115. The third kappa shape index (κ3) is 3.05. The summed E-state index contributed by atoms with van der Waals surface area (Å²) in [6.45, 7) is 2.29. The topological polar surface area (TPSA) is 59.3 Å². The van der Waals surface area contributed by atoms with Gasteiger partial charge in [0, 0.05) is 24.6 Å². The van der Waals surface area contributed by atoms with Crippen molar-refractivity contribution in [3.63, 3.8) is 0 Å². The molecule has 0 radical (unpaired) electrons. The zero-order valence-corrected chi connectivity index (χ0v) is 11.3. The molecule has 0 aliphatic carbocycles. The highest BCUT2D eigenvalue weighted by atomic mass is 32.1. The maximum atomic E-state index is 13.3. The van der Waals surface area contributed by atoms with E-state index in [-0.39, 0.29) is 11.4 Å². The number of aromatic nitrogens is 1. The second-order valence-electron chi connectivity index (χ2n) is 4.10. The number of aryl methyl sites for hydroxylation is 1. The Labute approximate surface area is 113 Å². The van der Waals surface area contributed by atoms with Crippen LogP contribution in [-0.4, -0.2) is 17.0 Å². The van der Waals surface area contributed by atoms with Crippen molar-refractivity contribution >= 4 is 22.7 Å². The second kappa shape index (κ2) is 5.31. The Morgan fingerprint density at radius 2 is 2.26 bits per heavy atom. The first-order valence-corrected chi connectivity index (χ1v) is 6.41. The number of anilines is 1. The van der Waals surface area contributed by atoms with E-state index in [0.29, 0.717) is 6.54 Å². The number of benzene rings is 1. The van der Waals surface area contributed by atoms with Crippen LogP contribution in [0.2, 0.25) is 0 Å². The Morgan fingerprint density at radius 3 is 2.84 bits per heavy atom. The minimum Gasteiger partial charge on any atom is -0.363 e. The molecule has 1 aromatic heterocycles. The van der Waals surface area contributed by atoms with E-state index in [1.165, 1.54) is 17.4 Å². The zero-order chi connectivity index (χ0) is 14.0. The summed E-state index contributed by atoms with van der Waals surface area (Å²) >= 11 is 1.51. The van der Waals surface area contributed by atoms with Crippen LogP contribution in [0, 0.1) is 22.9 Å². The van der Waals surface area contributed by atoms with Crippen molar-refractivity contribution in [1.82, 2.24) is 4.98 Å². The van der Waals surface area contributed by atoms with Gasteiger partial charge in [0.15, 0.2) is 0 Å². The average Bonchev–Trinajstić information content (AvgIpc) is 2.74. The minimum atomic E-state index is -0.516. The van der Waals surface area contributed by atoms with Gasteiger partial charge in [0.1, 0.15) is 11.5 Å². The first-order chi connectivity index (χ1) is 8.97. The van der Waals surface area contributed by atoms with Gasteiger partial charge in [-0.15, -0.1) is 11.3 Å². The fourth-order valence-corrected chi connectivity index (χ4v) is 2.37. The number of nitro benzene ring substituents is 1. The molecule has 0 aliphatic heterocycles. The van der Waals surface area contributed by atoms with Crippen LogP contribution in [-0.2, 0) is 6.54 Å². The summed E-state index contributed by atoms with van der Waals surface area (Å²) in [5, 5.41) is 13.8. The van der Waals surface area contributed by atoms with E-state index in [0.717, 1.165) is 22.8 Å².